The number of nitrogens with two attached hydrogens (primary N) is 1. The first kappa shape index (κ1) is 10.5. The Kier molecular flexibility index (Phi) is 2.16. The number of benzene rings is 1. The SMILES string of the molecule is N=Cc1ncc(-c2ccc(N)c3c2CNC3=O)[nH]1. The van der Waals surface area contributed by atoms with Crippen LogP contribution in [0.5, 0.6) is 0 Å². The Morgan fingerprint density at radius 2 is 2.28 bits per heavy atom. The van der Waals surface area contributed by atoms with Crippen molar-refractivity contribution in [2.45, 2.75) is 6.54 Å². The van der Waals surface area contributed by atoms with Crippen molar-refractivity contribution in [1.82, 2.24) is 15.3 Å². The summed E-state index contributed by atoms with van der Waals surface area (Å²) in [6, 6.07) is 3.57. The van der Waals surface area contributed by atoms with Crippen molar-refractivity contribution in [3.63, 3.8) is 0 Å². The number of H-pyrrole nitrogens is 1. The van der Waals surface area contributed by atoms with Crippen LogP contribution in [0.25, 0.3) is 11.3 Å². The lowest BCUT2D eigenvalue weighted by Crippen LogP contribution is -2.13. The standard InChI is InChI=1S/C12H11N5O/c13-3-10-15-5-9(17-10)6-1-2-8(14)11-7(6)4-16-12(11)18/h1-3,5,13H,4,14H2,(H,15,17)(H,16,18). The van der Waals surface area contributed by atoms with Crippen LogP contribution in [-0.4, -0.2) is 22.1 Å². The van der Waals surface area contributed by atoms with Gasteiger partial charge >= 0.3 is 0 Å². The van der Waals surface area contributed by atoms with E-state index in [0.717, 1.165) is 23.0 Å². The molecule has 1 aromatic carbocycles. The summed E-state index contributed by atoms with van der Waals surface area (Å²) >= 11 is 0. The van der Waals surface area contributed by atoms with Gasteiger partial charge in [0.25, 0.3) is 5.91 Å². The van der Waals surface area contributed by atoms with E-state index in [9.17, 15) is 4.79 Å². The summed E-state index contributed by atoms with van der Waals surface area (Å²) < 4.78 is 0. The topological polar surface area (TPSA) is 108 Å². The van der Waals surface area contributed by atoms with E-state index in [2.05, 4.69) is 15.3 Å². The Hall–Kier alpha value is -2.63. The molecule has 0 saturated heterocycles. The van der Waals surface area contributed by atoms with Gasteiger partial charge in [-0.05, 0) is 11.6 Å². The number of rotatable bonds is 2. The molecule has 2 aromatic rings. The first-order valence-corrected chi connectivity index (χ1v) is 5.46. The van der Waals surface area contributed by atoms with Gasteiger partial charge in [0.2, 0.25) is 0 Å². The highest BCUT2D eigenvalue weighted by molar-refractivity contribution is 6.05. The molecule has 6 nitrogen and oxygen atoms in total. The number of nitrogen functional groups attached to an aromatic ring is 1. The third-order valence-electron chi connectivity index (χ3n) is 3.02. The summed E-state index contributed by atoms with van der Waals surface area (Å²) in [5, 5.41) is 9.89. The average Bonchev–Trinajstić information content (AvgIpc) is 2.97. The summed E-state index contributed by atoms with van der Waals surface area (Å²) in [5.74, 6) is 0.337. The van der Waals surface area contributed by atoms with Crippen LogP contribution in [0.3, 0.4) is 0 Å². The lowest BCUT2D eigenvalue weighted by Gasteiger charge is -2.06. The fourth-order valence-electron chi connectivity index (χ4n) is 2.17. The van der Waals surface area contributed by atoms with E-state index in [1.165, 1.54) is 0 Å². The lowest BCUT2D eigenvalue weighted by atomic mass is 9.99. The van der Waals surface area contributed by atoms with Crippen molar-refractivity contribution in [2.24, 2.45) is 0 Å². The van der Waals surface area contributed by atoms with Crippen LogP contribution in [0.1, 0.15) is 21.7 Å². The summed E-state index contributed by atoms with van der Waals surface area (Å²) in [6.45, 7) is 0.466. The van der Waals surface area contributed by atoms with Gasteiger partial charge in [-0.15, -0.1) is 0 Å². The van der Waals surface area contributed by atoms with E-state index in [0.29, 0.717) is 23.6 Å². The third kappa shape index (κ3) is 1.39. The maximum Gasteiger partial charge on any atom is 0.254 e. The highest BCUT2D eigenvalue weighted by atomic mass is 16.1. The summed E-state index contributed by atoms with van der Waals surface area (Å²) in [7, 11) is 0. The second kappa shape index (κ2) is 3.69. The predicted molar refractivity (Wildman–Crippen MR) is 67.5 cm³/mol. The van der Waals surface area contributed by atoms with Gasteiger partial charge in [-0.1, -0.05) is 6.07 Å². The minimum absolute atomic E-state index is 0.142. The second-order valence-electron chi connectivity index (χ2n) is 4.07. The Bertz CT molecular complexity index is 658. The lowest BCUT2D eigenvalue weighted by molar-refractivity contribution is 0.0966. The molecule has 1 aliphatic rings. The second-order valence-corrected chi connectivity index (χ2v) is 4.07. The van der Waals surface area contributed by atoms with Crippen LogP contribution in [0.15, 0.2) is 18.3 Å². The number of hydrogen-bond donors (Lipinski definition) is 4. The Morgan fingerprint density at radius 3 is 3.00 bits per heavy atom. The minimum atomic E-state index is -0.142. The Labute approximate surface area is 103 Å². The van der Waals surface area contributed by atoms with E-state index < -0.39 is 0 Å². The van der Waals surface area contributed by atoms with E-state index >= 15 is 0 Å². The molecule has 2 heterocycles. The molecule has 90 valence electrons. The molecule has 0 radical (unpaired) electrons. The van der Waals surface area contributed by atoms with Crippen LogP contribution >= 0.6 is 0 Å². The van der Waals surface area contributed by atoms with Crippen LogP contribution in [0.2, 0.25) is 0 Å². The first-order chi connectivity index (χ1) is 8.70. The zero-order chi connectivity index (χ0) is 12.7. The number of carbonyl (C=O) groups is 1. The maximum atomic E-state index is 11.7. The van der Waals surface area contributed by atoms with Crippen molar-refractivity contribution in [2.75, 3.05) is 5.73 Å². The average molecular weight is 241 g/mol. The van der Waals surface area contributed by atoms with Gasteiger partial charge in [0, 0.05) is 17.8 Å². The number of aromatic nitrogens is 2. The largest absolute Gasteiger partial charge is 0.398 e. The van der Waals surface area contributed by atoms with Gasteiger partial charge < -0.3 is 21.4 Å². The van der Waals surface area contributed by atoms with Gasteiger partial charge in [0.15, 0.2) is 0 Å². The number of anilines is 1. The smallest absolute Gasteiger partial charge is 0.254 e. The fourth-order valence-corrected chi connectivity index (χ4v) is 2.17. The molecule has 0 saturated carbocycles. The molecule has 0 aliphatic carbocycles. The molecule has 0 spiro atoms. The normalized spacial score (nSPS) is 13.2. The number of imidazole rings is 1. The van der Waals surface area contributed by atoms with Gasteiger partial charge in [-0.2, -0.15) is 0 Å². The Morgan fingerprint density at radius 1 is 1.44 bits per heavy atom. The van der Waals surface area contributed by atoms with Gasteiger partial charge in [-0.3, -0.25) is 4.79 Å². The monoisotopic (exact) mass is 241 g/mol. The number of hydrogen-bond acceptors (Lipinski definition) is 4. The van der Waals surface area contributed by atoms with Crippen LogP contribution in [-0.2, 0) is 6.54 Å². The maximum absolute atomic E-state index is 11.7. The van der Waals surface area contributed by atoms with Crippen LogP contribution in [0, 0.1) is 5.41 Å². The van der Waals surface area contributed by atoms with Crippen molar-refractivity contribution in [3.05, 3.63) is 35.3 Å². The molecule has 3 rings (SSSR count). The summed E-state index contributed by atoms with van der Waals surface area (Å²) in [6.07, 6.45) is 2.79. The molecule has 0 fully saturated rings. The highest BCUT2D eigenvalue weighted by Gasteiger charge is 2.25. The molecule has 1 aromatic heterocycles. The molecule has 0 atom stereocenters. The van der Waals surface area contributed by atoms with Crippen molar-refractivity contribution >= 4 is 17.8 Å². The first-order valence-electron chi connectivity index (χ1n) is 5.46. The summed E-state index contributed by atoms with van der Waals surface area (Å²) in [4.78, 5) is 18.7. The minimum Gasteiger partial charge on any atom is -0.398 e. The third-order valence-corrected chi connectivity index (χ3v) is 3.02. The number of fused-ring (bicyclic) bond motifs is 1. The van der Waals surface area contributed by atoms with E-state index in [4.69, 9.17) is 11.1 Å². The molecule has 0 unspecified atom stereocenters. The molecule has 1 amide bonds. The molecule has 5 N–H and O–H groups in total. The number of aromatic amines is 1. The Balaban J connectivity index is 2.19. The predicted octanol–water partition coefficient (Wildman–Crippen LogP) is 0.900. The zero-order valence-electron chi connectivity index (χ0n) is 9.45. The van der Waals surface area contributed by atoms with Crippen molar-refractivity contribution in [1.29, 1.82) is 5.41 Å². The quantitative estimate of drug-likeness (QED) is 0.463. The molecule has 6 heteroatoms. The van der Waals surface area contributed by atoms with Crippen LogP contribution in [0.4, 0.5) is 5.69 Å². The van der Waals surface area contributed by atoms with E-state index in [-0.39, 0.29) is 5.91 Å². The molecule has 1 aliphatic heterocycles. The number of nitrogens with zero attached hydrogens (tertiary/aromatic N) is 1. The molecular weight excluding hydrogens is 230 g/mol. The highest BCUT2D eigenvalue weighted by Crippen LogP contribution is 2.31. The molecule has 0 bridgehead atoms. The van der Waals surface area contributed by atoms with Gasteiger partial charge in [0.05, 0.1) is 23.7 Å². The number of amides is 1. The van der Waals surface area contributed by atoms with Crippen LogP contribution < -0.4 is 11.1 Å². The summed E-state index contributed by atoms with van der Waals surface area (Å²) in [5.41, 5.74) is 9.38. The number of carbonyl (C=O) groups excluding carboxylic acids is 1. The van der Waals surface area contributed by atoms with Gasteiger partial charge in [0.1, 0.15) is 5.82 Å². The van der Waals surface area contributed by atoms with E-state index in [1.54, 1.807) is 12.3 Å². The zero-order valence-corrected chi connectivity index (χ0v) is 9.45. The number of nitrogens with one attached hydrogen (secondary N) is 3. The van der Waals surface area contributed by atoms with Crippen molar-refractivity contribution in [3.8, 4) is 11.3 Å². The molecule has 18 heavy (non-hydrogen) atoms. The van der Waals surface area contributed by atoms with Crippen molar-refractivity contribution < 1.29 is 4.79 Å². The fraction of sp³-hybridized carbons (Fsp3) is 0.0833. The van der Waals surface area contributed by atoms with E-state index in [1.807, 2.05) is 6.07 Å². The molecular formula is C12H11N5O. The van der Waals surface area contributed by atoms with Gasteiger partial charge in [-0.25, -0.2) is 4.98 Å².